The van der Waals surface area contributed by atoms with Gasteiger partial charge in [0.25, 0.3) is 0 Å². The number of hydrogen-bond donors (Lipinski definition) is 1. The number of anilines is 1. The van der Waals surface area contributed by atoms with Crippen LogP contribution in [0.3, 0.4) is 0 Å². The summed E-state index contributed by atoms with van der Waals surface area (Å²) in [6, 6.07) is 2.51. The molecule has 1 aliphatic carbocycles. The van der Waals surface area contributed by atoms with Crippen molar-refractivity contribution in [3.63, 3.8) is 0 Å². The van der Waals surface area contributed by atoms with Gasteiger partial charge in [0.05, 0.1) is 17.8 Å². The van der Waals surface area contributed by atoms with Gasteiger partial charge in [0.2, 0.25) is 0 Å². The first-order valence-corrected chi connectivity index (χ1v) is 6.19. The third-order valence-corrected chi connectivity index (χ3v) is 3.92. The maximum absolute atomic E-state index is 9.03. The quantitative estimate of drug-likeness (QED) is 0.876. The van der Waals surface area contributed by atoms with E-state index < -0.39 is 0 Å². The molecule has 1 aromatic heterocycles. The normalized spacial score (nSPS) is 24.3. The van der Waals surface area contributed by atoms with Crippen molar-refractivity contribution < 1.29 is 4.74 Å². The second-order valence-electron chi connectivity index (χ2n) is 4.04. The maximum atomic E-state index is 9.03. The summed E-state index contributed by atoms with van der Waals surface area (Å²) in [5.41, 5.74) is 1.48. The number of nitrogens with one attached hydrogen (secondary N) is 1. The molecule has 0 saturated heterocycles. The maximum Gasteiger partial charge on any atom is 0.128 e. The Balaban J connectivity index is 2.12. The van der Waals surface area contributed by atoms with E-state index in [0.29, 0.717) is 11.6 Å². The van der Waals surface area contributed by atoms with Crippen molar-refractivity contribution in [2.45, 2.75) is 38.3 Å². The van der Waals surface area contributed by atoms with Crippen LogP contribution in [0.4, 0.5) is 5.00 Å². The lowest BCUT2D eigenvalue weighted by molar-refractivity contribution is 0.101. The molecule has 2 atom stereocenters. The number of nitriles is 1. The summed E-state index contributed by atoms with van der Waals surface area (Å²) in [5.74, 6) is 0. The van der Waals surface area contributed by atoms with Gasteiger partial charge in [-0.2, -0.15) is 9.64 Å². The van der Waals surface area contributed by atoms with Crippen LogP contribution in [0.2, 0.25) is 0 Å². The molecule has 2 unspecified atom stereocenters. The molecule has 5 heteroatoms. The second-order valence-corrected chi connectivity index (χ2v) is 4.81. The smallest absolute Gasteiger partial charge is 0.128 e. The molecule has 0 spiro atoms. The molecule has 16 heavy (non-hydrogen) atoms. The van der Waals surface area contributed by atoms with E-state index in [1.807, 2.05) is 6.92 Å². The van der Waals surface area contributed by atoms with Gasteiger partial charge < -0.3 is 10.1 Å². The Bertz CT molecular complexity index is 410. The van der Waals surface area contributed by atoms with Gasteiger partial charge in [-0.1, -0.05) is 0 Å². The molecule has 1 aromatic rings. The van der Waals surface area contributed by atoms with Crippen molar-refractivity contribution in [1.29, 1.82) is 5.26 Å². The number of nitrogens with zero attached hydrogens (tertiary/aromatic N) is 2. The van der Waals surface area contributed by atoms with Gasteiger partial charge in [-0.05, 0) is 37.7 Å². The second kappa shape index (κ2) is 4.81. The van der Waals surface area contributed by atoms with E-state index in [9.17, 15) is 0 Å². The monoisotopic (exact) mass is 237 g/mol. The molecular weight excluding hydrogens is 222 g/mol. The fourth-order valence-corrected chi connectivity index (χ4v) is 2.95. The Labute approximate surface area is 99.4 Å². The third kappa shape index (κ3) is 2.04. The molecule has 2 rings (SSSR count). The van der Waals surface area contributed by atoms with Crippen molar-refractivity contribution in [3.05, 3.63) is 11.3 Å². The lowest BCUT2D eigenvalue weighted by atomic mass is 10.2. The summed E-state index contributed by atoms with van der Waals surface area (Å²) in [7, 11) is 1.74. The molecule has 0 amide bonds. The molecular formula is C11H15N3OS. The van der Waals surface area contributed by atoms with E-state index in [-0.39, 0.29) is 6.10 Å². The minimum Gasteiger partial charge on any atom is -0.379 e. The third-order valence-electron chi connectivity index (χ3n) is 3.05. The van der Waals surface area contributed by atoms with Crippen LogP contribution in [0.15, 0.2) is 0 Å². The molecule has 86 valence electrons. The van der Waals surface area contributed by atoms with Crippen LogP contribution < -0.4 is 5.32 Å². The molecule has 0 aromatic carbocycles. The Morgan fingerprint density at radius 3 is 3.06 bits per heavy atom. The van der Waals surface area contributed by atoms with Gasteiger partial charge >= 0.3 is 0 Å². The molecule has 0 bridgehead atoms. The number of ether oxygens (including phenoxy) is 1. The first-order chi connectivity index (χ1) is 7.76. The fraction of sp³-hybridized carbons (Fsp3) is 0.636. The Morgan fingerprint density at radius 1 is 1.56 bits per heavy atom. The zero-order valence-electron chi connectivity index (χ0n) is 9.49. The molecule has 0 aliphatic heterocycles. The number of aryl methyl sites for hydroxylation is 1. The van der Waals surface area contributed by atoms with Crippen LogP contribution in [-0.4, -0.2) is 23.6 Å². The molecule has 0 radical (unpaired) electrons. The summed E-state index contributed by atoms with van der Waals surface area (Å²) in [4.78, 5) is 0. The van der Waals surface area contributed by atoms with Gasteiger partial charge in [0.1, 0.15) is 16.6 Å². The first kappa shape index (κ1) is 11.4. The largest absolute Gasteiger partial charge is 0.379 e. The fourth-order valence-electron chi connectivity index (χ4n) is 2.14. The van der Waals surface area contributed by atoms with Gasteiger partial charge in [-0.3, -0.25) is 0 Å². The van der Waals surface area contributed by atoms with Crippen LogP contribution in [0.5, 0.6) is 0 Å². The predicted octanol–water partition coefficient (Wildman–Crippen LogP) is 2.30. The summed E-state index contributed by atoms with van der Waals surface area (Å²) in [6.45, 7) is 1.86. The van der Waals surface area contributed by atoms with Gasteiger partial charge in [0.15, 0.2) is 0 Å². The topological polar surface area (TPSA) is 57.9 Å². The van der Waals surface area contributed by atoms with Crippen molar-refractivity contribution >= 4 is 16.5 Å². The van der Waals surface area contributed by atoms with Crippen LogP contribution in [0, 0.1) is 18.3 Å². The summed E-state index contributed by atoms with van der Waals surface area (Å²) >= 11 is 1.36. The molecule has 1 N–H and O–H groups in total. The van der Waals surface area contributed by atoms with E-state index in [1.54, 1.807) is 7.11 Å². The summed E-state index contributed by atoms with van der Waals surface area (Å²) < 4.78 is 9.61. The SMILES string of the molecule is COC1CCCC1Nc1snc(C)c1C#N. The lowest BCUT2D eigenvalue weighted by Gasteiger charge is -2.19. The zero-order valence-corrected chi connectivity index (χ0v) is 10.3. The van der Waals surface area contributed by atoms with Gasteiger partial charge in [0, 0.05) is 7.11 Å². The van der Waals surface area contributed by atoms with E-state index >= 15 is 0 Å². The molecule has 1 fully saturated rings. The van der Waals surface area contributed by atoms with Gasteiger partial charge in [-0.25, -0.2) is 0 Å². The molecule has 1 heterocycles. The van der Waals surface area contributed by atoms with Crippen LogP contribution in [0.1, 0.15) is 30.5 Å². The highest BCUT2D eigenvalue weighted by Crippen LogP contribution is 2.29. The first-order valence-electron chi connectivity index (χ1n) is 5.42. The number of methoxy groups -OCH3 is 1. The minimum atomic E-state index is 0.258. The zero-order chi connectivity index (χ0) is 11.5. The highest BCUT2D eigenvalue weighted by molar-refractivity contribution is 7.10. The van der Waals surface area contributed by atoms with E-state index in [4.69, 9.17) is 10.00 Å². The van der Waals surface area contributed by atoms with Gasteiger partial charge in [-0.15, -0.1) is 0 Å². The number of aromatic nitrogens is 1. The number of hydrogen-bond acceptors (Lipinski definition) is 5. The van der Waals surface area contributed by atoms with E-state index in [0.717, 1.165) is 23.5 Å². The minimum absolute atomic E-state index is 0.258. The van der Waals surface area contributed by atoms with Crippen molar-refractivity contribution in [1.82, 2.24) is 4.37 Å². The molecule has 1 aliphatic rings. The van der Waals surface area contributed by atoms with Crippen LogP contribution in [0.25, 0.3) is 0 Å². The Hall–Kier alpha value is -1.12. The van der Waals surface area contributed by atoms with Crippen LogP contribution in [-0.2, 0) is 4.74 Å². The van der Waals surface area contributed by atoms with E-state index in [1.165, 1.54) is 18.0 Å². The Morgan fingerprint density at radius 2 is 2.38 bits per heavy atom. The average Bonchev–Trinajstić information content (AvgIpc) is 2.86. The Kier molecular flexibility index (Phi) is 3.42. The van der Waals surface area contributed by atoms with E-state index in [2.05, 4.69) is 15.8 Å². The number of rotatable bonds is 3. The highest BCUT2D eigenvalue weighted by atomic mass is 32.1. The average molecular weight is 237 g/mol. The summed E-state index contributed by atoms with van der Waals surface area (Å²) in [5, 5.41) is 13.3. The van der Waals surface area contributed by atoms with Crippen LogP contribution >= 0.6 is 11.5 Å². The predicted molar refractivity (Wildman–Crippen MR) is 63.6 cm³/mol. The van der Waals surface area contributed by atoms with Crippen molar-refractivity contribution in [2.24, 2.45) is 0 Å². The van der Waals surface area contributed by atoms with Crippen molar-refractivity contribution in [2.75, 3.05) is 12.4 Å². The molecule has 4 nitrogen and oxygen atoms in total. The highest BCUT2D eigenvalue weighted by Gasteiger charge is 2.28. The standard InChI is InChI=1S/C11H15N3OS/c1-7-8(6-12)11(16-14-7)13-9-4-3-5-10(9)15-2/h9-10,13H,3-5H2,1-2H3. The lowest BCUT2D eigenvalue weighted by Crippen LogP contribution is -2.29. The molecule has 1 saturated carbocycles. The van der Waals surface area contributed by atoms with Crippen molar-refractivity contribution in [3.8, 4) is 6.07 Å². The summed E-state index contributed by atoms with van der Waals surface area (Å²) in [6.07, 6.45) is 3.62.